The average molecular weight is 270 g/mol. The zero-order valence-electron chi connectivity index (χ0n) is 9.68. The third-order valence-corrected chi connectivity index (χ3v) is 3.13. The number of hydrogen-bond donors (Lipinski definition) is 1. The lowest BCUT2D eigenvalue weighted by atomic mass is 10.3. The van der Waals surface area contributed by atoms with Crippen LogP contribution in [0.1, 0.15) is 5.82 Å². The van der Waals surface area contributed by atoms with Crippen LogP contribution in [0, 0.1) is 0 Å². The maximum Gasteiger partial charge on any atom is 0.288 e. The topological polar surface area (TPSA) is 42.7 Å². The predicted octanol–water partition coefficient (Wildman–Crippen LogP) is 2.74. The lowest BCUT2D eigenvalue weighted by molar-refractivity contribution is 0.252. The Labute approximate surface area is 107 Å². The summed E-state index contributed by atoms with van der Waals surface area (Å²) in [7, 11) is 1.78. The van der Waals surface area contributed by atoms with Crippen molar-refractivity contribution in [1.29, 1.82) is 0 Å². The Morgan fingerprint density at radius 1 is 1.39 bits per heavy atom. The number of halogens is 2. The summed E-state index contributed by atoms with van der Waals surface area (Å²) in [6, 6.07) is 6.96. The lowest BCUT2D eigenvalue weighted by Crippen LogP contribution is -2.07. The van der Waals surface area contributed by atoms with Crippen molar-refractivity contribution in [2.75, 3.05) is 5.32 Å². The highest BCUT2D eigenvalue weighted by Gasteiger charge is 2.09. The number of hydrogen-bond acceptors (Lipinski definition) is 4. The molecule has 0 amide bonds. The van der Waals surface area contributed by atoms with Gasteiger partial charge in [-0.3, -0.25) is 4.68 Å². The fraction of sp³-hybridized carbons (Fsp3) is 0.273. The van der Waals surface area contributed by atoms with Crippen LogP contribution in [0.15, 0.2) is 35.5 Å². The summed E-state index contributed by atoms with van der Waals surface area (Å²) < 4.78 is 26.4. The molecule has 1 aromatic carbocycles. The van der Waals surface area contributed by atoms with E-state index >= 15 is 0 Å². The zero-order valence-corrected chi connectivity index (χ0v) is 10.5. The fourth-order valence-corrected chi connectivity index (χ4v) is 2.08. The van der Waals surface area contributed by atoms with E-state index in [-0.39, 0.29) is 0 Å². The molecule has 4 nitrogen and oxygen atoms in total. The molecule has 1 aromatic heterocycles. The van der Waals surface area contributed by atoms with Crippen LogP contribution in [0.3, 0.4) is 0 Å². The van der Waals surface area contributed by atoms with Gasteiger partial charge in [0.2, 0.25) is 0 Å². The van der Waals surface area contributed by atoms with E-state index in [0.29, 0.717) is 28.9 Å². The predicted molar refractivity (Wildman–Crippen MR) is 66.6 cm³/mol. The summed E-state index contributed by atoms with van der Waals surface area (Å²) in [4.78, 5) is 4.58. The Hall–Kier alpha value is -1.63. The third-order valence-electron chi connectivity index (χ3n) is 2.35. The number of nitrogens with one attached hydrogen (secondary N) is 1. The minimum Gasteiger partial charge on any atom is -0.377 e. The molecule has 0 spiro atoms. The van der Waals surface area contributed by atoms with Gasteiger partial charge in [0, 0.05) is 17.6 Å². The summed E-state index contributed by atoms with van der Waals surface area (Å²) in [6.07, 6.45) is 1.46. The molecule has 0 saturated carbocycles. The molecule has 1 N–H and O–H groups in total. The van der Waals surface area contributed by atoms with Crippen LogP contribution in [-0.2, 0) is 13.6 Å². The summed E-state index contributed by atoms with van der Waals surface area (Å²) in [5.41, 5.74) is 0.672. The molecule has 0 fully saturated rings. The SMILES string of the molecule is Cn1ncnc1CNc1ccccc1SC(F)F. The van der Waals surface area contributed by atoms with Crippen molar-refractivity contribution < 1.29 is 8.78 Å². The number of anilines is 1. The Balaban J connectivity index is 2.07. The second-order valence-corrected chi connectivity index (χ2v) is 4.56. The Morgan fingerprint density at radius 2 is 2.17 bits per heavy atom. The smallest absolute Gasteiger partial charge is 0.288 e. The molecule has 2 rings (SSSR count). The second-order valence-electron chi connectivity index (χ2n) is 3.53. The molecule has 0 unspecified atom stereocenters. The van der Waals surface area contributed by atoms with Gasteiger partial charge < -0.3 is 5.32 Å². The van der Waals surface area contributed by atoms with Crippen molar-refractivity contribution in [2.24, 2.45) is 7.05 Å². The average Bonchev–Trinajstić information content (AvgIpc) is 2.73. The quantitative estimate of drug-likeness (QED) is 0.848. The van der Waals surface area contributed by atoms with Gasteiger partial charge in [-0.2, -0.15) is 13.9 Å². The number of thioether (sulfide) groups is 1. The van der Waals surface area contributed by atoms with Crippen molar-refractivity contribution in [2.45, 2.75) is 17.2 Å². The molecule has 18 heavy (non-hydrogen) atoms. The molecule has 1 heterocycles. The summed E-state index contributed by atoms with van der Waals surface area (Å²) in [5.74, 6) is -1.69. The monoisotopic (exact) mass is 270 g/mol. The fourth-order valence-electron chi connectivity index (χ4n) is 1.47. The standard InChI is InChI=1S/C11H12F2N4S/c1-17-10(15-7-16-17)6-14-8-4-2-3-5-9(8)18-11(12)13/h2-5,7,11,14H,6H2,1H3. The van der Waals surface area contributed by atoms with Crippen molar-refractivity contribution >= 4 is 17.4 Å². The highest BCUT2D eigenvalue weighted by atomic mass is 32.2. The van der Waals surface area contributed by atoms with Crippen LogP contribution >= 0.6 is 11.8 Å². The maximum absolute atomic E-state index is 12.4. The molecule has 0 aliphatic rings. The number of rotatable bonds is 5. The first-order chi connectivity index (χ1) is 8.66. The van der Waals surface area contributed by atoms with Crippen LogP contribution in [0.25, 0.3) is 0 Å². The van der Waals surface area contributed by atoms with E-state index in [4.69, 9.17) is 0 Å². The maximum atomic E-state index is 12.4. The first kappa shape index (κ1) is 12.8. The molecular formula is C11H12F2N4S. The van der Waals surface area contributed by atoms with Crippen LogP contribution in [0.2, 0.25) is 0 Å². The molecule has 0 radical (unpaired) electrons. The number of alkyl halides is 2. The molecule has 0 bridgehead atoms. The van der Waals surface area contributed by atoms with Crippen LogP contribution < -0.4 is 5.32 Å². The van der Waals surface area contributed by atoms with E-state index in [1.165, 1.54) is 6.33 Å². The normalized spacial score (nSPS) is 10.9. The van der Waals surface area contributed by atoms with Crippen molar-refractivity contribution in [3.05, 3.63) is 36.4 Å². The molecule has 7 heteroatoms. The Kier molecular flexibility index (Phi) is 4.14. The Morgan fingerprint density at radius 3 is 2.83 bits per heavy atom. The van der Waals surface area contributed by atoms with E-state index in [0.717, 1.165) is 5.82 Å². The van der Waals surface area contributed by atoms with Gasteiger partial charge in [0.25, 0.3) is 5.76 Å². The third kappa shape index (κ3) is 3.19. The van der Waals surface area contributed by atoms with Crippen molar-refractivity contribution in [3.8, 4) is 0 Å². The van der Waals surface area contributed by atoms with Crippen LogP contribution in [-0.4, -0.2) is 20.5 Å². The molecule has 0 aliphatic carbocycles. The number of aryl methyl sites for hydroxylation is 1. The number of nitrogens with zero attached hydrogens (tertiary/aromatic N) is 3. The molecule has 0 aliphatic heterocycles. The van der Waals surface area contributed by atoms with E-state index in [2.05, 4.69) is 15.4 Å². The minimum atomic E-state index is -2.43. The largest absolute Gasteiger partial charge is 0.377 e. The van der Waals surface area contributed by atoms with E-state index in [1.54, 1.807) is 36.0 Å². The van der Waals surface area contributed by atoms with Gasteiger partial charge in [-0.05, 0) is 12.1 Å². The first-order valence-corrected chi connectivity index (χ1v) is 6.15. The van der Waals surface area contributed by atoms with Gasteiger partial charge in [-0.15, -0.1) is 0 Å². The molecule has 2 aromatic rings. The Bertz CT molecular complexity index is 515. The molecule has 96 valence electrons. The highest BCUT2D eigenvalue weighted by molar-refractivity contribution is 7.99. The lowest BCUT2D eigenvalue weighted by Gasteiger charge is -2.10. The van der Waals surface area contributed by atoms with Gasteiger partial charge in [-0.1, -0.05) is 23.9 Å². The number of benzene rings is 1. The highest BCUT2D eigenvalue weighted by Crippen LogP contribution is 2.31. The summed E-state index contributed by atoms with van der Waals surface area (Å²) in [5, 5.41) is 7.02. The minimum absolute atomic E-state index is 0.442. The van der Waals surface area contributed by atoms with Gasteiger partial charge in [0.15, 0.2) is 0 Å². The zero-order chi connectivity index (χ0) is 13.0. The second kappa shape index (κ2) is 5.81. The van der Waals surface area contributed by atoms with Gasteiger partial charge >= 0.3 is 0 Å². The molecule has 0 saturated heterocycles. The summed E-state index contributed by atoms with van der Waals surface area (Å²) >= 11 is 0.528. The number of para-hydroxylation sites is 1. The van der Waals surface area contributed by atoms with Crippen molar-refractivity contribution in [1.82, 2.24) is 14.8 Å². The van der Waals surface area contributed by atoms with Gasteiger partial charge in [0.1, 0.15) is 12.2 Å². The van der Waals surface area contributed by atoms with Crippen molar-refractivity contribution in [3.63, 3.8) is 0 Å². The van der Waals surface area contributed by atoms with Gasteiger partial charge in [0.05, 0.1) is 6.54 Å². The number of aromatic nitrogens is 3. The van der Waals surface area contributed by atoms with E-state index in [9.17, 15) is 8.78 Å². The first-order valence-electron chi connectivity index (χ1n) is 5.27. The summed E-state index contributed by atoms with van der Waals surface area (Å²) in [6.45, 7) is 0.442. The molecule has 0 atom stereocenters. The van der Waals surface area contributed by atoms with Crippen LogP contribution in [0.4, 0.5) is 14.5 Å². The van der Waals surface area contributed by atoms with E-state index in [1.807, 2.05) is 0 Å². The molecular weight excluding hydrogens is 258 g/mol. The van der Waals surface area contributed by atoms with Crippen LogP contribution in [0.5, 0.6) is 0 Å². The van der Waals surface area contributed by atoms with Gasteiger partial charge in [-0.25, -0.2) is 4.98 Å². The van der Waals surface area contributed by atoms with E-state index < -0.39 is 5.76 Å².